The molecule has 0 fully saturated rings. The van der Waals surface area contributed by atoms with Gasteiger partial charge in [-0.1, -0.05) is 0 Å². The normalized spacial score (nSPS) is 12.9. The summed E-state index contributed by atoms with van der Waals surface area (Å²) < 4.78 is 54.0. The third kappa shape index (κ3) is 5.19. The van der Waals surface area contributed by atoms with E-state index in [-0.39, 0.29) is 35.4 Å². The largest absolute Gasteiger partial charge is 0.502 e. The maximum atomic E-state index is 14.0. The third-order valence-corrected chi connectivity index (χ3v) is 6.33. The lowest BCUT2D eigenvalue weighted by atomic mass is 9.91. The number of ether oxygens (including phenoxy) is 4. The van der Waals surface area contributed by atoms with Crippen molar-refractivity contribution in [2.24, 2.45) is 0 Å². The monoisotopic (exact) mass is 506 g/mol. The van der Waals surface area contributed by atoms with Crippen LogP contribution in [-0.4, -0.2) is 32.1 Å². The molecular weight excluding hydrogens is 486 g/mol. The first kappa shape index (κ1) is 24.4. The molecule has 0 bridgehead atoms. The molecule has 0 saturated carbocycles. The van der Waals surface area contributed by atoms with E-state index in [4.69, 9.17) is 23.4 Å². The highest BCUT2D eigenvalue weighted by Crippen LogP contribution is 2.45. The fourth-order valence-corrected chi connectivity index (χ4v) is 4.37. The summed E-state index contributed by atoms with van der Waals surface area (Å²) in [5.41, 5.74) is -0.312. The van der Waals surface area contributed by atoms with E-state index in [9.17, 15) is 23.5 Å². The zero-order valence-corrected chi connectivity index (χ0v) is 19.4. The van der Waals surface area contributed by atoms with Gasteiger partial charge >= 0.3 is 5.97 Å². The third-order valence-electron chi connectivity index (χ3n) is 5.26. The molecule has 1 unspecified atom stereocenters. The molecule has 2 heterocycles. The second kappa shape index (κ2) is 10.3. The van der Waals surface area contributed by atoms with Gasteiger partial charge in [0.1, 0.15) is 17.4 Å². The van der Waals surface area contributed by atoms with E-state index in [0.717, 1.165) is 30.0 Å². The van der Waals surface area contributed by atoms with Gasteiger partial charge in [0.15, 0.2) is 17.3 Å². The van der Waals surface area contributed by atoms with E-state index in [1.807, 2.05) is 0 Å². The Kier molecular flexibility index (Phi) is 7.15. The Balaban J connectivity index is 1.74. The average molecular weight is 506 g/mol. The van der Waals surface area contributed by atoms with Crippen LogP contribution in [0.5, 0.6) is 23.0 Å². The Hall–Kier alpha value is -3.73. The van der Waals surface area contributed by atoms with Crippen molar-refractivity contribution in [2.75, 3.05) is 21.0 Å². The molecule has 1 N–H and O–H groups in total. The van der Waals surface area contributed by atoms with Gasteiger partial charge in [0, 0.05) is 17.0 Å². The Morgan fingerprint density at radius 3 is 2.69 bits per heavy atom. The molecule has 11 heteroatoms. The number of hydrogen-bond acceptors (Lipinski definition) is 9. The summed E-state index contributed by atoms with van der Waals surface area (Å²) in [6, 6.07) is 7.38. The minimum Gasteiger partial charge on any atom is -0.502 e. The second-order valence-electron chi connectivity index (χ2n) is 7.44. The van der Waals surface area contributed by atoms with Crippen molar-refractivity contribution >= 4 is 17.7 Å². The van der Waals surface area contributed by atoms with Crippen LogP contribution in [-0.2, 0) is 15.3 Å². The smallest absolute Gasteiger partial charge is 0.306 e. The molecule has 0 radical (unpaired) electrons. The highest BCUT2D eigenvalue weighted by Gasteiger charge is 2.30. The van der Waals surface area contributed by atoms with Crippen LogP contribution in [0.15, 0.2) is 50.5 Å². The molecule has 0 saturated heterocycles. The van der Waals surface area contributed by atoms with Crippen molar-refractivity contribution in [1.82, 2.24) is 0 Å². The molecule has 1 aromatic heterocycles. The van der Waals surface area contributed by atoms with E-state index in [0.29, 0.717) is 22.8 Å². The summed E-state index contributed by atoms with van der Waals surface area (Å²) in [4.78, 5) is 24.9. The van der Waals surface area contributed by atoms with Gasteiger partial charge in [0.05, 0.1) is 32.3 Å². The summed E-state index contributed by atoms with van der Waals surface area (Å²) in [5.74, 6) is -2.74. The predicted octanol–water partition coefficient (Wildman–Crippen LogP) is 4.35. The van der Waals surface area contributed by atoms with Gasteiger partial charge in [-0.15, -0.1) is 11.8 Å². The second-order valence-corrected chi connectivity index (χ2v) is 8.46. The van der Waals surface area contributed by atoms with E-state index in [2.05, 4.69) is 0 Å². The van der Waals surface area contributed by atoms with Gasteiger partial charge in [-0.3, -0.25) is 9.59 Å². The number of thioether (sulfide) groups is 1. The number of esters is 1. The van der Waals surface area contributed by atoms with Crippen LogP contribution in [0.25, 0.3) is 0 Å². The number of carbonyl (C=O) groups is 1. The van der Waals surface area contributed by atoms with E-state index in [1.165, 1.54) is 20.3 Å². The number of aromatic hydroxyl groups is 1. The van der Waals surface area contributed by atoms with Gasteiger partial charge in [-0.25, -0.2) is 8.78 Å². The average Bonchev–Trinajstić information content (AvgIpc) is 3.32. The standard InChI is InChI=1S/C24H20F2O8S/c1-30-18-5-12(6-19-24(18)33-11-32-19)15(9-21(28)31-2)23-22(29)17(27)8-14(34-23)10-35-20-4-3-13(25)7-16(20)26/h3-8,15,29H,9-11H2,1-2H3. The molecule has 0 amide bonds. The molecule has 2 aromatic carbocycles. The van der Waals surface area contributed by atoms with E-state index in [1.54, 1.807) is 12.1 Å². The Morgan fingerprint density at radius 2 is 1.97 bits per heavy atom. The molecule has 0 spiro atoms. The van der Waals surface area contributed by atoms with Crippen molar-refractivity contribution in [1.29, 1.82) is 0 Å². The van der Waals surface area contributed by atoms with Crippen molar-refractivity contribution in [3.63, 3.8) is 0 Å². The number of carbonyl (C=O) groups excluding carboxylic acids is 1. The van der Waals surface area contributed by atoms with Gasteiger partial charge in [-0.2, -0.15) is 0 Å². The van der Waals surface area contributed by atoms with Gasteiger partial charge in [0.25, 0.3) is 0 Å². The maximum absolute atomic E-state index is 14.0. The Labute approximate surface area is 202 Å². The van der Waals surface area contributed by atoms with Crippen LogP contribution in [0, 0.1) is 11.6 Å². The molecule has 1 aliphatic heterocycles. The summed E-state index contributed by atoms with van der Waals surface area (Å²) in [7, 11) is 2.64. The number of methoxy groups -OCH3 is 2. The lowest BCUT2D eigenvalue weighted by Crippen LogP contribution is -2.14. The summed E-state index contributed by atoms with van der Waals surface area (Å²) >= 11 is 0.976. The highest BCUT2D eigenvalue weighted by atomic mass is 32.2. The SMILES string of the molecule is COC(=O)CC(c1cc(OC)c2c(c1)OCO2)c1oc(CSc2ccc(F)cc2F)cc(=O)c1O. The topological polar surface area (TPSA) is 104 Å². The molecule has 1 atom stereocenters. The first-order chi connectivity index (χ1) is 16.8. The molecular formula is C24H20F2O8S. The zero-order chi connectivity index (χ0) is 25.1. The van der Waals surface area contributed by atoms with E-state index < -0.39 is 34.7 Å². The molecule has 1 aliphatic rings. The lowest BCUT2D eigenvalue weighted by Gasteiger charge is -2.19. The number of rotatable bonds is 8. The summed E-state index contributed by atoms with van der Waals surface area (Å²) in [6.45, 7) is -0.0240. The Morgan fingerprint density at radius 1 is 1.17 bits per heavy atom. The fraction of sp³-hybridized carbons (Fsp3) is 0.250. The first-order valence-corrected chi connectivity index (χ1v) is 11.3. The first-order valence-electron chi connectivity index (χ1n) is 10.3. The zero-order valence-electron chi connectivity index (χ0n) is 18.6. The fourth-order valence-electron chi connectivity index (χ4n) is 3.57. The van der Waals surface area contributed by atoms with Crippen LogP contribution in [0.1, 0.15) is 29.4 Å². The van der Waals surface area contributed by atoms with Gasteiger partial charge < -0.3 is 28.5 Å². The van der Waals surface area contributed by atoms with Crippen molar-refractivity contribution in [2.45, 2.75) is 23.0 Å². The Bertz CT molecular complexity index is 1320. The van der Waals surface area contributed by atoms with Gasteiger partial charge in [-0.05, 0) is 29.8 Å². The van der Waals surface area contributed by atoms with Crippen LogP contribution in [0.3, 0.4) is 0 Å². The van der Waals surface area contributed by atoms with Crippen LogP contribution < -0.4 is 19.6 Å². The number of halogens is 2. The lowest BCUT2D eigenvalue weighted by molar-refractivity contribution is -0.140. The molecule has 184 valence electrons. The van der Waals surface area contributed by atoms with Crippen molar-refractivity contribution in [3.8, 4) is 23.0 Å². The molecule has 8 nitrogen and oxygen atoms in total. The van der Waals surface area contributed by atoms with E-state index >= 15 is 0 Å². The minimum absolute atomic E-state index is 0.000473. The molecule has 4 rings (SSSR count). The highest BCUT2D eigenvalue weighted by molar-refractivity contribution is 7.98. The molecule has 35 heavy (non-hydrogen) atoms. The predicted molar refractivity (Wildman–Crippen MR) is 120 cm³/mol. The summed E-state index contributed by atoms with van der Waals surface area (Å²) in [5, 5.41) is 10.6. The van der Waals surface area contributed by atoms with Crippen LogP contribution >= 0.6 is 11.8 Å². The number of hydrogen-bond donors (Lipinski definition) is 1. The van der Waals surface area contributed by atoms with Crippen molar-refractivity contribution < 1.29 is 42.0 Å². The number of benzene rings is 2. The number of fused-ring (bicyclic) bond motifs is 1. The van der Waals surface area contributed by atoms with Gasteiger partial charge in [0.2, 0.25) is 23.7 Å². The molecule has 0 aliphatic carbocycles. The maximum Gasteiger partial charge on any atom is 0.306 e. The quantitative estimate of drug-likeness (QED) is 0.353. The van der Waals surface area contributed by atoms with Crippen LogP contribution in [0.4, 0.5) is 8.78 Å². The van der Waals surface area contributed by atoms with Crippen LogP contribution in [0.2, 0.25) is 0 Å². The minimum atomic E-state index is -0.953. The van der Waals surface area contributed by atoms with Crippen molar-refractivity contribution in [3.05, 3.63) is 75.3 Å². The molecule has 3 aromatic rings. The summed E-state index contributed by atoms with van der Waals surface area (Å²) in [6.07, 6.45) is -0.279.